The first-order valence-corrected chi connectivity index (χ1v) is 7.07. The Labute approximate surface area is 127 Å². The maximum absolute atomic E-state index is 12.0. The standard InChI is InChI=1S/C17H16N2O3/c1-12-4-6-13(7-5-12)8-9-18-17(20)14-11-16(22-19-14)15-3-2-10-21-15/h2-7,10-11H,8-9H2,1H3,(H,18,20). The normalized spacial score (nSPS) is 10.6. The van der Waals surface area contributed by atoms with Crippen LogP contribution in [-0.4, -0.2) is 17.6 Å². The molecule has 5 heteroatoms. The summed E-state index contributed by atoms with van der Waals surface area (Å²) in [5, 5.41) is 6.59. The van der Waals surface area contributed by atoms with Crippen LogP contribution in [0.1, 0.15) is 21.6 Å². The molecular weight excluding hydrogens is 280 g/mol. The van der Waals surface area contributed by atoms with E-state index >= 15 is 0 Å². The smallest absolute Gasteiger partial charge is 0.273 e. The summed E-state index contributed by atoms with van der Waals surface area (Å²) in [6, 6.07) is 13.3. The molecule has 1 amide bonds. The lowest BCUT2D eigenvalue weighted by Crippen LogP contribution is -2.25. The van der Waals surface area contributed by atoms with E-state index in [1.54, 1.807) is 24.5 Å². The van der Waals surface area contributed by atoms with Gasteiger partial charge in [0, 0.05) is 12.6 Å². The Balaban J connectivity index is 1.55. The highest BCUT2D eigenvalue weighted by Gasteiger charge is 2.14. The van der Waals surface area contributed by atoms with E-state index in [1.807, 2.05) is 6.92 Å². The van der Waals surface area contributed by atoms with Crippen LogP contribution in [0, 0.1) is 6.92 Å². The van der Waals surface area contributed by atoms with Gasteiger partial charge in [-0.15, -0.1) is 0 Å². The summed E-state index contributed by atoms with van der Waals surface area (Å²) >= 11 is 0. The lowest BCUT2D eigenvalue weighted by Gasteiger charge is -2.03. The highest BCUT2D eigenvalue weighted by molar-refractivity contribution is 5.92. The molecule has 22 heavy (non-hydrogen) atoms. The van der Waals surface area contributed by atoms with Gasteiger partial charge < -0.3 is 14.3 Å². The number of nitrogens with one attached hydrogen (secondary N) is 1. The fourth-order valence-electron chi connectivity index (χ4n) is 2.08. The zero-order valence-corrected chi connectivity index (χ0v) is 12.2. The van der Waals surface area contributed by atoms with E-state index in [-0.39, 0.29) is 11.6 Å². The fraction of sp³-hybridized carbons (Fsp3) is 0.176. The molecule has 0 aliphatic carbocycles. The summed E-state index contributed by atoms with van der Waals surface area (Å²) in [5.74, 6) is 0.730. The Bertz CT molecular complexity index is 743. The number of rotatable bonds is 5. The second-order valence-corrected chi connectivity index (χ2v) is 5.05. The molecule has 0 radical (unpaired) electrons. The number of aromatic nitrogens is 1. The molecule has 0 aliphatic rings. The topological polar surface area (TPSA) is 68.3 Å². The molecule has 1 N–H and O–H groups in total. The first-order chi connectivity index (χ1) is 10.7. The van der Waals surface area contributed by atoms with Crippen molar-refractivity contribution in [3.63, 3.8) is 0 Å². The second-order valence-electron chi connectivity index (χ2n) is 5.05. The van der Waals surface area contributed by atoms with Gasteiger partial charge in [-0.1, -0.05) is 35.0 Å². The average Bonchev–Trinajstić information content (AvgIpc) is 3.20. The van der Waals surface area contributed by atoms with Crippen molar-refractivity contribution in [3.05, 3.63) is 65.5 Å². The van der Waals surface area contributed by atoms with Crippen LogP contribution in [0.4, 0.5) is 0 Å². The lowest BCUT2D eigenvalue weighted by molar-refractivity contribution is 0.0945. The minimum Gasteiger partial charge on any atom is -0.461 e. The zero-order valence-electron chi connectivity index (χ0n) is 12.2. The van der Waals surface area contributed by atoms with E-state index in [4.69, 9.17) is 8.94 Å². The third-order valence-corrected chi connectivity index (χ3v) is 3.33. The Hall–Kier alpha value is -2.82. The van der Waals surface area contributed by atoms with Crippen molar-refractivity contribution in [2.24, 2.45) is 0 Å². The van der Waals surface area contributed by atoms with Gasteiger partial charge in [0.1, 0.15) is 0 Å². The molecule has 0 saturated carbocycles. The van der Waals surface area contributed by atoms with Gasteiger partial charge in [0.05, 0.1) is 6.26 Å². The molecule has 112 valence electrons. The molecule has 5 nitrogen and oxygen atoms in total. The van der Waals surface area contributed by atoms with Gasteiger partial charge in [-0.2, -0.15) is 0 Å². The SMILES string of the molecule is Cc1ccc(CCNC(=O)c2cc(-c3ccco3)on2)cc1. The Morgan fingerprint density at radius 1 is 1.18 bits per heavy atom. The van der Waals surface area contributed by atoms with Crippen LogP contribution in [0.3, 0.4) is 0 Å². The number of carbonyl (C=O) groups is 1. The number of nitrogens with zero attached hydrogens (tertiary/aromatic N) is 1. The Morgan fingerprint density at radius 3 is 2.73 bits per heavy atom. The maximum atomic E-state index is 12.0. The van der Waals surface area contributed by atoms with Gasteiger partial charge in [0.25, 0.3) is 5.91 Å². The molecule has 0 unspecified atom stereocenters. The van der Waals surface area contributed by atoms with Gasteiger partial charge in [0.15, 0.2) is 11.5 Å². The number of benzene rings is 1. The largest absolute Gasteiger partial charge is 0.461 e. The maximum Gasteiger partial charge on any atom is 0.273 e. The van der Waals surface area contributed by atoms with Crippen molar-refractivity contribution in [2.75, 3.05) is 6.54 Å². The van der Waals surface area contributed by atoms with Gasteiger partial charge in [0.2, 0.25) is 5.76 Å². The molecule has 0 atom stereocenters. The molecule has 0 spiro atoms. The van der Waals surface area contributed by atoms with Crippen molar-refractivity contribution in [1.29, 1.82) is 0 Å². The minimum absolute atomic E-state index is 0.246. The van der Waals surface area contributed by atoms with Crippen LogP contribution in [0.2, 0.25) is 0 Å². The van der Waals surface area contributed by atoms with Crippen LogP contribution in [0.15, 0.2) is 57.7 Å². The lowest BCUT2D eigenvalue weighted by atomic mass is 10.1. The van der Waals surface area contributed by atoms with E-state index in [2.05, 4.69) is 34.7 Å². The van der Waals surface area contributed by atoms with E-state index < -0.39 is 0 Å². The van der Waals surface area contributed by atoms with Gasteiger partial charge in [-0.25, -0.2) is 0 Å². The van der Waals surface area contributed by atoms with Gasteiger partial charge in [-0.3, -0.25) is 4.79 Å². The predicted molar refractivity (Wildman–Crippen MR) is 81.4 cm³/mol. The van der Waals surface area contributed by atoms with Crippen molar-refractivity contribution in [1.82, 2.24) is 10.5 Å². The summed E-state index contributed by atoms with van der Waals surface area (Å²) in [6.45, 7) is 2.59. The molecule has 3 aromatic rings. The molecule has 0 bridgehead atoms. The first-order valence-electron chi connectivity index (χ1n) is 7.07. The molecular formula is C17H16N2O3. The first kappa shape index (κ1) is 14.1. The fourth-order valence-corrected chi connectivity index (χ4v) is 2.08. The molecule has 0 aliphatic heterocycles. The Kier molecular flexibility index (Phi) is 4.05. The van der Waals surface area contributed by atoms with E-state index in [9.17, 15) is 4.79 Å². The summed E-state index contributed by atoms with van der Waals surface area (Å²) in [5.41, 5.74) is 2.65. The van der Waals surface area contributed by atoms with Crippen molar-refractivity contribution in [2.45, 2.75) is 13.3 Å². The van der Waals surface area contributed by atoms with Crippen LogP contribution in [0.25, 0.3) is 11.5 Å². The molecule has 1 aromatic carbocycles. The Morgan fingerprint density at radius 2 is 2.00 bits per heavy atom. The molecule has 2 aromatic heterocycles. The highest BCUT2D eigenvalue weighted by atomic mass is 16.5. The minimum atomic E-state index is -0.256. The molecule has 0 saturated heterocycles. The van der Waals surface area contributed by atoms with Crippen LogP contribution in [0.5, 0.6) is 0 Å². The number of amides is 1. The van der Waals surface area contributed by atoms with Crippen molar-refractivity contribution in [3.8, 4) is 11.5 Å². The van der Waals surface area contributed by atoms with E-state index in [1.165, 1.54) is 11.1 Å². The third-order valence-electron chi connectivity index (χ3n) is 3.33. The summed E-state index contributed by atoms with van der Waals surface area (Å²) < 4.78 is 10.3. The average molecular weight is 296 g/mol. The predicted octanol–water partition coefficient (Wildman–Crippen LogP) is 3.22. The summed E-state index contributed by atoms with van der Waals surface area (Å²) in [7, 11) is 0. The number of hydrogen-bond acceptors (Lipinski definition) is 4. The summed E-state index contributed by atoms with van der Waals surface area (Å²) in [4.78, 5) is 12.0. The van der Waals surface area contributed by atoms with Crippen LogP contribution in [-0.2, 0) is 6.42 Å². The monoisotopic (exact) mass is 296 g/mol. The molecule has 0 fully saturated rings. The van der Waals surface area contributed by atoms with E-state index in [0.29, 0.717) is 18.1 Å². The summed E-state index contributed by atoms with van der Waals surface area (Å²) in [6.07, 6.45) is 2.31. The van der Waals surface area contributed by atoms with Crippen molar-refractivity contribution >= 4 is 5.91 Å². The number of carbonyl (C=O) groups excluding carboxylic acids is 1. The van der Waals surface area contributed by atoms with Gasteiger partial charge >= 0.3 is 0 Å². The number of furan rings is 1. The number of aryl methyl sites for hydroxylation is 1. The quantitative estimate of drug-likeness (QED) is 0.785. The van der Waals surface area contributed by atoms with Crippen molar-refractivity contribution < 1.29 is 13.7 Å². The zero-order chi connectivity index (χ0) is 15.4. The second kappa shape index (κ2) is 6.30. The van der Waals surface area contributed by atoms with Gasteiger partial charge in [-0.05, 0) is 31.0 Å². The van der Waals surface area contributed by atoms with Crippen LogP contribution >= 0.6 is 0 Å². The molecule has 2 heterocycles. The highest BCUT2D eigenvalue weighted by Crippen LogP contribution is 2.20. The number of hydrogen-bond donors (Lipinski definition) is 1. The van der Waals surface area contributed by atoms with Crippen LogP contribution < -0.4 is 5.32 Å². The third kappa shape index (κ3) is 3.25. The van der Waals surface area contributed by atoms with E-state index in [0.717, 1.165) is 6.42 Å². The molecule has 3 rings (SSSR count).